The predicted molar refractivity (Wildman–Crippen MR) is 59.8 cm³/mol. The molecule has 0 heterocycles. The van der Waals surface area contributed by atoms with Gasteiger partial charge in [-0.25, -0.2) is 9.13 Å². The van der Waals surface area contributed by atoms with Crippen molar-refractivity contribution in [3.05, 3.63) is 0 Å². The van der Waals surface area contributed by atoms with Crippen molar-refractivity contribution in [2.24, 2.45) is 0 Å². The molecule has 0 aliphatic rings. The minimum Gasteiger partial charge on any atom is -0.304 e. The van der Waals surface area contributed by atoms with E-state index in [1.54, 1.807) is 0 Å². The lowest BCUT2D eigenvalue weighted by Crippen LogP contribution is -2.21. The molecule has 7 nitrogen and oxygen atoms in total. The van der Waals surface area contributed by atoms with Gasteiger partial charge in [0.25, 0.3) is 0 Å². The average molecular weight is 301 g/mol. The average Bonchev–Trinajstić information content (AvgIpc) is 2.01. The molecule has 0 bridgehead atoms. The van der Waals surface area contributed by atoms with E-state index in [2.05, 4.69) is 25.7 Å². The minimum atomic E-state index is -5.14. The first-order valence-electron chi connectivity index (χ1n) is 4.57. The number of halogens is 2. The summed E-state index contributed by atoms with van der Waals surface area (Å²) < 4.78 is 38.0. The lowest BCUT2D eigenvalue weighted by Gasteiger charge is -2.13. The van der Waals surface area contributed by atoms with Gasteiger partial charge >= 0.3 is 15.8 Å². The number of hydrogen-bond donors (Lipinski definition) is 4. The number of rotatable bonds is 3. The molecule has 0 aliphatic carbocycles. The van der Waals surface area contributed by atoms with E-state index in [-0.39, 0.29) is 0 Å². The quantitative estimate of drug-likeness (QED) is 0.582. The monoisotopic (exact) mass is 301 g/mol. The summed E-state index contributed by atoms with van der Waals surface area (Å²) in [6, 6.07) is 0. The van der Waals surface area contributed by atoms with Gasteiger partial charge < -0.3 is 4.90 Å². The Kier molecular flexibility index (Phi) is 14.7. The zero-order chi connectivity index (χ0) is 14.7. The van der Waals surface area contributed by atoms with E-state index in [4.69, 9.17) is 28.7 Å². The summed E-state index contributed by atoms with van der Waals surface area (Å²) in [5, 5.41) is 0. The molecule has 0 spiro atoms. The Morgan fingerprint density at radius 1 is 0.824 bits per heavy atom. The summed E-state index contributed by atoms with van der Waals surface area (Å²) in [7, 11) is -10.3. The van der Waals surface area contributed by atoms with Crippen LogP contribution in [0.1, 0.15) is 20.8 Å². The van der Waals surface area contributed by atoms with Crippen LogP contribution in [-0.4, -0.2) is 44.1 Å². The van der Waals surface area contributed by atoms with Crippen molar-refractivity contribution in [1.29, 1.82) is 0 Å². The highest BCUT2D eigenvalue weighted by Crippen LogP contribution is 2.35. The van der Waals surface area contributed by atoms with Crippen LogP contribution < -0.4 is 0 Å². The molecule has 0 saturated carbocycles. The van der Waals surface area contributed by atoms with Crippen molar-refractivity contribution in [3.63, 3.8) is 0 Å². The third kappa shape index (κ3) is 85.8. The van der Waals surface area contributed by atoms with Crippen molar-refractivity contribution in [2.75, 3.05) is 19.6 Å². The van der Waals surface area contributed by atoms with Gasteiger partial charge in [0, 0.05) is 0 Å². The van der Waals surface area contributed by atoms with Gasteiger partial charge in [-0.2, -0.15) is 0 Å². The van der Waals surface area contributed by atoms with Gasteiger partial charge in [-0.15, -0.1) is 8.39 Å². The van der Waals surface area contributed by atoms with E-state index >= 15 is 0 Å². The molecule has 11 heteroatoms. The second-order valence-electron chi connectivity index (χ2n) is 2.57. The molecule has 0 aromatic carbocycles. The van der Waals surface area contributed by atoms with Gasteiger partial charge in [0.2, 0.25) is 0 Å². The molecule has 0 aromatic rings. The molecule has 0 rings (SSSR count). The molecule has 108 valence electrons. The molecular weight excluding hydrogens is 282 g/mol. The summed E-state index contributed by atoms with van der Waals surface area (Å²) in [6.45, 7) is 10.1. The van der Waals surface area contributed by atoms with E-state index in [0.717, 1.165) is 0 Å². The zero-order valence-corrected chi connectivity index (χ0v) is 11.6. The number of hydrogen-bond acceptors (Lipinski definition) is 3. The number of nitrogens with zero attached hydrogens (tertiary/aromatic N) is 1. The van der Waals surface area contributed by atoms with Crippen molar-refractivity contribution in [3.8, 4) is 0 Å². The molecule has 0 fully saturated rings. The second kappa shape index (κ2) is 11.2. The maximum atomic E-state index is 10.4. The first-order valence-corrected chi connectivity index (χ1v) is 7.58. The van der Waals surface area contributed by atoms with Crippen LogP contribution in [0.2, 0.25) is 0 Å². The molecular formula is C6H19F2NO6P2. The first-order chi connectivity index (χ1) is 7.35. The molecule has 0 aliphatic heterocycles. The van der Waals surface area contributed by atoms with Crippen molar-refractivity contribution < 1.29 is 37.1 Å². The van der Waals surface area contributed by atoms with Gasteiger partial charge in [0.15, 0.2) is 0 Å². The van der Waals surface area contributed by atoms with Crippen LogP contribution >= 0.6 is 15.8 Å². The van der Waals surface area contributed by atoms with Crippen molar-refractivity contribution in [2.45, 2.75) is 20.8 Å². The fourth-order valence-corrected chi connectivity index (χ4v) is 0.671. The molecule has 0 amide bonds. The van der Waals surface area contributed by atoms with Crippen LogP contribution in [0.3, 0.4) is 0 Å². The van der Waals surface area contributed by atoms with Crippen LogP contribution in [0, 0.1) is 0 Å². The van der Waals surface area contributed by atoms with Crippen molar-refractivity contribution in [1.82, 2.24) is 4.90 Å². The first kappa shape index (κ1) is 22.3. The van der Waals surface area contributed by atoms with Crippen molar-refractivity contribution >= 4 is 15.8 Å². The van der Waals surface area contributed by atoms with E-state index in [9.17, 15) is 8.39 Å². The molecule has 17 heavy (non-hydrogen) atoms. The third-order valence-electron chi connectivity index (χ3n) is 1.34. The SMILES string of the molecule is CCN(CC)CC.O=P(O)(O)F.O=P(O)(O)F. The molecule has 4 N–H and O–H groups in total. The fraction of sp³-hybridized carbons (Fsp3) is 1.00. The Bertz CT molecular complexity index is 209. The smallest absolute Gasteiger partial charge is 0.304 e. The highest BCUT2D eigenvalue weighted by molar-refractivity contribution is 7.46. The molecule has 0 saturated heterocycles. The highest BCUT2D eigenvalue weighted by Gasteiger charge is 2.05. The normalized spacial score (nSPS) is 11.2. The summed E-state index contributed by atoms with van der Waals surface area (Å²) in [5.41, 5.74) is 0. The van der Waals surface area contributed by atoms with Gasteiger partial charge in [0.05, 0.1) is 0 Å². The lowest BCUT2D eigenvalue weighted by molar-refractivity contribution is 0.320. The zero-order valence-electron chi connectivity index (χ0n) is 9.82. The molecule has 0 unspecified atom stereocenters. The Morgan fingerprint density at radius 3 is 0.941 bits per heavy atom. The summed E-state index contributed by atoms with van der Waals surface area (Å²) >= 11 is 0. The van der Waals surface area contributed by atoms with Crippen LogP contribution in [-0.2, 0) is 9.13 Å². The van der Waals surface area contributed by atoms with E-state index in [0.29, 0.717) is 0 Å². The summed E-state index contributed by atoms with van der Waals surface area (Å²) in [5.74, 6) is 0. The maximum absolute atomic E-state index is 10.4. The highest BCUT2D eigenvalue weighted by atomic mass is 31.2. The fourth-order valence-electron chi connectivity index (χ4n) is 0.671. The van der Waals surface area contributed by atoms with Gasteiger partial charge in [0.1, 0.15) is 0 Å². The van der Waals surface area contributed by atoms with Gasteiger partial charge in [-0.3, -0.25) is 19.6 Å². The van der Waals surface area contributed by atoms with Crippen LogP contribution in [0.15, 0.2) is 0 Å². The largest absolute Gasteiger partial charge is 0.507 e. The Hall–Kier alpha value is 0.120. The van der Waals surface area contributed by atoms with E-state index in [1.807, 2.05) is 0 Å². The third-order valence-corrected chi connectivity index (χ3v) is 1.34. The Labute approximate surface area is 99.0 Å². The summed E-state index contributed by atoms with van der Waals surface area (Å²) in [4.78, 5) is 30.2. The Balaban J connectivity index is -0.000000177. The second-order valence-corrected chi connectivity index (χ2v) is 4.46. The Morgan fingerprint density at radius 2 is 0.941 bits per heavy atom. The van der Waals surface area contributed by atoms with E-state index in [1.165, 1.54) is 19.6 Å². The van der Waals surface area contributed by atoms with E-state index < -0.39 is 15.8 Å². The molecule has 0 aromatic heterocycles. The van der Waals surface area contributed by atoms with Gasteiger partial charge in [-0.1, -0.05) is 20.8 Å². The maximum Gasteiger partial charge on any atom is 0.507 e. The van der Waals surface area contributed by atoms with Crippen LogP contribution in [0.25, 0.3) is 0 Å². The molecule has 0 radical (unpaired) electrons. The van der Waals surface area contributed by atoms with Gasteiger partial charge in [-0.05, 0) is 19.6 Å². The van der Waals surface area contributed by atoms with Crippen LogP contribution in [0.5, 0.6) is 0 Å². The lowest BCUT2D eigenvalue weighted by atomic mass is 10.5. The summed E-state index contributed by atoms with van der Waals surface area (Å²) in [6.07, 6.45) is 0. The standard InChI is InChI=1S/C6H15N.2FH2O3P/c1-4-7(5-2)6-3;2*1-5(2,3)4/h4-6H2,1-3H3;2*(H2,2,3,4). The molecule has 0 atom stereocenters. The predicted octanol–water partition coefficient (Wildman–Crippen LogP) is 1.45. The minimum absolute atomic E-state index is 1.19. The van der Waals surface area contributed by atoms with Crippen LogP contribution in [0.4, 0.5) is 8.39 Å². The topological polar surface area (TPSA) is 118 Å².